The lowest BCUT2D eigenvalue weighted by molar-refractivity contribution is 0.0867. The van der Waals surface area contributed by atoms with Gasteiger partial charge in [-0.05, 0) is 25.8 Å². The first-order chi connectivity index (χ1) is 11.5. The second kappa shape index (κ2) is 6.57. The van der Waals surface area contributed by atoms with E-state index in [1.165, 1.54) is 11.9 Å². The zero-order valence-electron chi connectivity index (χ0n) is 14.3. The van der Waals surface area contributed by atoms with Crippen LogP contribution in [0, 0.1) is 0 Å². The van der Waals surface area contributed by atoms with Crippen molar-refractivity contribution in [2.45, 2.75) is 39.3 Å². The van der Waals surface area contributed by atoms with Gasteiger partial charge in [-0.3, -0.25) is 0 Å². The molecule has 0 radical (unpaired) electrons. The second-order valence-corrected chi connectivity index (χ2v) is 6.59. The van der Waals surface area contributed by atoms with Crippen LogP contribution < -0.4 is 4.90 Å². The predicted octanol–water partition coefficient (Wildman–Crippen LogP) is 2.46. The molecule has 0 bridgehead atoms. The molecule has 2 aromatic heterocycles. The van der Waals surface area contributed by atoms with E-state index in [4.69, 9.17) is 0 Å². The molecule has 6 heteroatoms. The molecule has 0 aliphatic carbocycles. The first-order valence-electron chi connectivity index (χ1n) is 8.17. The second-order valence-electron chi connectivity index (χ2n) is 6.59. The molecule has 0 saturated heterocycles. The Kier molecular flexibility index (Phi) is 4.49. The Morgan fingerprint density at radius 2 is 1.96 bits per heavy atom. The van der Waals surface area contributed by atoms with Gasteiger partial charge in [0.15, 0.2) is 0 Å². The lowest BCUT2D eigenvalue weighted by Crippen LogP contribution is -2.39. The highest BCUT2D eigenvalue weighted by Crippen LogP contribution is 2.21. The van der Waals surface area contributed by atoms with Crippen LogP contribution in [0.1, 0.15) is 32.0 Å². The minimum atomic E-state index is -0.836. The standard InChI is InChI=1S/C18H23N5O/c1-4-15-10-16(23-17(21-15)19-13-20-23)22(12-18(2,3)24)11-14-8-6-5-7-9-14/h5-10,13,24H,4,11-12H2,1-3H3. The largest absolute Gasteiger partial charge is 0.389 e. The first-order valence-corrected chi connectivity index (χ1v) is 8.17. The van der Waals surface area contributed by atoms with Gasteiger partial charge in [0.2, 0.25) is 0 Å². The third-order valence-corrected chi connectivity index (χ3v) is 3.77. The average molecular weight is 325 g/mol. The molecule has 2 heterocycles. The highest BCUT2D eigenvalue weighted by atomic mass is 16.3. The number of hydrogen-bond donors (Lipinski definition) is 1. The molecule has 0 spiro atoms. The number of benzene rings is 1. The van der Waals surface area contributed by atoms with Crippen molar-refractivity contribution in [2.24, 2.45) is 0 Å². The maximum absolute atomic E-state index is 10.4. The lowest BCUT2D eigenvalue weighted by Gasteiger charge is -2.31. The molecule has 1 N–H and O–H groups in total. The van der Waals surface area contributed by atoms with Crippen molar-refractivity contribution in [3.8, 4) is 0 Å². The number of rotatable bonds is 6. The van der Waals surface area contributed by atoms with E-state index in [1.54, 1.807) is 4.52 Å². The molecular formula is C18H23N5O. The van der Waals surface area contributed by atoms with Gasteiger partial charge in [-0.15, -0.1) is 0 Å². The van der Waals surface area contributed by atoms with E-state index < -0.39 is 5.60 Å². The Labute approximate surface area is 141 Å². The molecule has 0 unspecified atom stereocenters. The smallest absolute Gasteiger partial charge is 0.254 e. The number of aromatic nitrogens is 4. The molecule has 126 valence electrons. The fraction of sp³-hybridized carbons (Fsp3) is 0.389. The Morgan fingerprint density at radius 1 is 1.21 bits per heavy atom. The highest BCUT2D eigenvalue weighted by molar-refractivity contribution is 5.48. The van der Waals surface area contributed by atoms with Crippen LogP contribution in [0.3, 0.4) is 0 Å². The van der Waals surface area contributed by atoms with Gasteiger partial charge in [0, 0.05) is 24.8 Å². The van der Waals surface area contributed by atoms with Gasteiger partial charge < -0.3 is 10.0 Å². The average Bonchev–Trinajstić information content (AvgIpc) is 3.01. The van der Waals surface area contributed by atoms with Gasteiger partial charge in [-0.25, -0.2) is 4.98 Å². The summed E-state index contributed by atoms with van der Waals surface area (Å²) in [5.74, 6) is 1.47. The van der Waals surface area contributed by atoms with Gasteiger partial charge in [0.05, 0.1) is 5.60 Å². The Morgan fingerprint density at radius 3 is 2.62 bits per heavy atom. The summed E-state index contributed by atoms with van der Waals surface area (Å²) in [5, 5.41) is 14.7. The van der Waals surface area contributed by atoms with Crippen molar-refractivity contribution < 1.29 is 5.11 Å². The van der Waals surface area contributed by atoms with Crippen LogP contribution >= 0.6 is 0 Å². The molecule has 0 saturated carbocycles. The van der Waals surface area contributed by atoms with E-state index in [1.807, 2.05) is 38.1 Å². The Hall–Kier alpha value is -2.47. The van der Waals surface area contributed by atoms with Crippen LogP contribution in [0.5, 0.6) is 0 Å². The topological polar surface area (TPSA) is 66.5 Å². The number of aryl methyl sites for hydroxylation is 1. The summed E-state index contributed by atoms with van der Waals surface area (Å²) in [6, 6.07) is 12.2. The van der Waals surface area contributed by atoms with Crippen molar-refractivity contribution in [1.29, 1.82) is 0 Å². The molecule has 0 atom stereocenters. The van der Waals surface area contributed by atoms with E-state index in [0.717, 1.165) is 17.9 Å². The van der Waals surface area contributed by atoms with E-state index in [2.05, 4.69) is 39.0 Å². The number of hydrogen-bond acceptors (Lipinski definition) is 5. The van der Waals surface area contributed by atoms with E-state index >= 15 is 0 Å². The molecular weight excluding hydrogens is 302 g/mol. The zero-order valence-corrected chi connectivity index (χ0v) is 14.3. The van der Waals surface area contributed by atoms with Crippen molar-refractivity contribution >= 4 is 11.6 Å². The SMILES string of the molecule is CCc1cc(N(Cc2ccccc2)CC(C)(C)O)n2ncnc2n1. The molecule has 0 fully saturated rings. The highest BCUT2D eigenvalue weighted by Gasteiger charge is 2.22. The summed E-state index contributed by atoms with van der Waals surface area (Å²) in [5.41, 5.74) is 1.29. The van der Waals surface area contributed by atoms with Crippen LogP contribution in [-0.2, 0) is 13.0 Å². The molecule has 0 aliphatic heterocycles. The molecule has 0 amide bonds. The number of nitrogens with zero attached hydrogens (tertiary/aromatic N) is 5. The zero-order chi connectivity index (χ0) is 17.2. The van der Waals surface area contributed by atoms with E-state index in [0.29, 0.717) is 18.9 Å². The van der Waals surface area contributed by atoms with Gasteiger partial charge in [0.1, 0.15) is 12.1 Å². The summed E-state index contributed by atoms with van der Waals surface area (Å²) in [7, 11) is 0. The summed E-state index contributed by atoms with van der Waals surface area (Å²) < 4.78 is 1.73. The van der Waals surface area contributed by atoms with Crippen molar-refractivity contribution in [1.82, 2.24) is 19.6 Å². The maximum Gasteiger partial charge on any atom is 0.254 e. The summed E-state index contributed by atoms with van der Waals surface area (Å²) in [6.07, 6.45) is 2.33. The van der Waals surface area contributed by atoms with Crippen LogP contribution in [0.2, 0.25) is 0 Å². The fourth-order valence-electron chi connectivity index (χ4n) is 2.74. The van der Waals surface area contributed by atoms with Crippen LogP contribution in [-0.4, -0.2) is 36.8 Å². The minimum Gasteiger partial charge on any atom is -0.389 e. The maximum atomic E-state index is 10.4. The Bertz CT molecular complexity index is 807. The third-order valence-electron chi connectivity index (χ3n) is 3.77. The van der Waals surface area contributed by atoms with Gasteiger partial charge >= 0.3 is 0 Å². The van der Waals surface area contributed by atoms with E-state index in [-0.39, 0.29) is 0 Å². The van der Waals surface area contributed by atoms with Gasteiger partial charge in [-0.1, -0.05) is 37.3 Å². The lowest BCUT2D eigenvalue weighted by atomic mass is 10.1. The monoisotopic (exact) mass is 325 g/mol. The number of anilines is 1. The summed E-state index contributed by atoms with van der Waals surface area (Å²) in [4.78, 5) is 10.8. The quantitative estimate of drug-likeness (QED) is 0.754. The summed E-state index contributed by atoms with van der Waals surface area (Å²) in [6.45, 7) is 6.84. The van der Waals surface area contributed by atoms with Gasteiger partial charge in [0.25, 0.3) is 5.78 Å². The Balaban J connectivity index is 2.06. The molecule has 24 heavy (non-hydrogen) atoms. The van der Waals surface area contributed by atoms with Crippen molar-refractivity contribution in [3.05, 3.63) is 54.0 Å². The first kappa shape index (κ1) is 16.4. The molecule has 6 nitrogen and oxygen atoms in total. The molecule has 0 aliphatic rings. The van der Waals surface area contributed by atoms with Crippen LogP contribution in [0.25, 0.3) is 5.78 Å². The number of aliphatic hydroxyl groups is 1. The molecule has 3 rings (SSSR count). The molecule has 3 aromatic rings. The minimum absolute atomic E-state index is 0.476. The van der Waals surface area contributed by atoms with Crippen LogP contribution in [0.4, 0.5) is 5.82 Å². The summed E-state index contributed by atoms with van der Waals surface area (Å²) >= 11 is 0. The predicted molar refractivity (Wildman–Crippen MR) is 93.9 cm³/mol. The van der Waals surface area contributed by atoms with Crippen LogP contribution in [0.15, 0.2) is 42.7 Å². The van der Waals surface area contributed by atoms with Gasteiger partial charge in [-0.2, -0.15) is 14.6 Å². The third kappa shape index (κ3) is 3.71. The van der Waals surface area contributed by atoms with Crippen molar-refractivity contribution in [2.75, 3.05) is 11.4 Å². The number of fused-ring (bicyclic) bond motifs is 1. The van der Waals surface area contributed by atoms with E-state index in [9.17, 15) is 5.11 Å². The normalized spacial score (nSPS) is 11.8. The molecule has 1 aromatic carbocycles. The van der Waals surface area contributed by atoms with Crippen molar-refractivity contribution in [3.63, 3.8) is 0 Å². The fourth-order valence-corrected chi connectivity index (χ4v) is 2.74.